The van der Waals surface area contributed by atoms with Crippen molar-refractivity contribution >= 4 is 17.3 Å². The number of carbonyl (C=O) groups is 1. The van der Waals surface area contributed by atoms with Gasteiger partial charge in [-0.1, -0.05) is 30.3 Å². The number of morpholine rings is 1. The second kappa shape index (κ2) is 7.36. The number of hydrogen-bond donors (Lipinski definition) is 1. The topological polar surface area (TPSA) is 53.0 Å². The zero-order valence-corrected chi connectivity index (χ0v) is 13.8. The molecule has 24 heavy (non-hydrogen) atoms. The summed E-state index contributed by atoms with van der Waals surface area (Å²) in [5.74, 6) is -0.904. The molecule has 0 saturated carbocycles. The first-order valence-corrected chi connectivity index (χ1v) is 8.11. The standard InChI is InChI=1S/C19H22N2O3/c1-20(18-9-5-3-7-16(18)19(22)23)14-15-6-2-4-8-17(15)21-10-12-24-13-11-21/h2-9H,10-14H2,1H3,(H,22,23). The lowest BCUT2D eigenvalue weighted by Gasteiger charge is -2.32. The summed E-state index contributed by atoms with van der Waals surface area (Å²) in [4.78, 5) is 15.8. The molecule has 0 radical (unpaired) electrons. The van der Waals surface area contributed by atoms with Gasteiger partial charge >= 0.3 is 5.97 Å². The number of nitrogens with zero attached hydrogens (tertiary/aromatic N) is 2. The molecule has 2 aromatic rings. The van der Waals surface area contributed by atoms with E-state index in [0.29, 0.717) is 12.1 Å². The van der Waals surface area contributed by atoms with Crippen molar-refractivity contribution in [1.82, 2.24) is 0 Å². The number of benzene rings is 2. The molecule has 1 aliphatic heterocycles. The Morgan fingerprint density at radius 1 is 1.12 bits per heavy atom. The number of ether oxygens (including phenoxy) is 1. The molecule has 1 fully saturated rings. The van der Waals surface area contributed by atoms with Gasteiger partial charge in [-0.3, -0.25) is 0 Å². The maximum absolute atomic E-state index is 11.4. The lowest BCUT2D eigenvalue weighted by atomic mass is 10.1. The Labute approximate surface area is 142 Å². The zero-order chi connectivity index (χ0) is 16.9. The molecule has 0 unspecified atom stereocenters. The van der Waals surface area contributed by atoms with Crippen LogP contribution in [0.1, 0.15) is 15.9 Å². The van der Waals surface area contributed by atoms with E-state index >= 15 is 0 Å². The summed E-state index contributed by atoms with van der Waals surface area (Å²) >= 11 is 0. The molecule has 5 heteroatoms. The molecule has 1 saturated heterocycles. The van der Waals surface area contributed by atoms with Crippen molar-refractivity contribution in [3.05, 3.63) is 59.7 Å². The van der Waals surface area contributed by atoms with Gasteiger partial charge < -0.3 is 19.6 Å². The monoisotopic (exact) mass is 326 g/mol. The van der Waals surface area contributed by atoms with E-state index in [4.69, 9.17) is 4.74 Å². The van der Waals surface area contributed by atoms with Crippen LogP contribution in [0.15, 0.2) is 48.5 Å². The number of hydrogen-bond acceptors (Lipinski definition) is 4. The van der Waals surface area contributed by atoms with Crippen LogP contribution in [0.25, 0.3) is 0 Å². The molecule has 0 aliphatic carbocycles. The summed E-state index contributed by atoms with van der Waals surface area (Å²) in [5, 5.41) is 9.39. The summed E-state index contributed by atoms with van der Waals surface area (Å²) in [6.07, 6.45) is 0. The van der Waals surface area contributed by atoms with Crippen molar-refractivity contribution < 1.29 is 14.6 Å². The van der Waals surface area contributed by atoms with E-state index in [1.54, 1.807) is 12.1 Å². The van der Waals surface area contributed by atoms with Crippen LogP contribution < -0.4 is 9.80 Å². The van der Waals surface area contributed by atoms with Gasteiger partial charge in [0.05, 0.1) is 24.5 Å². The lowest BCUT2D eigenvalue weighted by Crippen LogP contribution is -2.37. The van der Waals surface area contributed by atoms with Gasteiger partial charge in [-0.15, -0.1) is 0 Å². The van der Waals surface area contributed by atoms with Gasteiger partial charge in [-0.25, -0.2) is 4.79 Å². The van der Waals surface area contributed by atoms with E-state index in [1.807, 2.05) is 36.2 Å². The molecular weight excluding hydrogens is 304 g/mol. The highest BCUT2D eigenvalue weighted by Crippen LogP contribution is 2.26. The SMILES string of the molecule is CN(Cc1ccccc1N1CCOCC1)c1ccccc1C(=O)O. The fourth-order valence-electron chi connectivity index (χ4n) is 3.09. The van der Waals surface area contributed by atoms with Crippen LogP contribution in [-0.4, -0.2) is 44.4 Å². The van der Waals surface area contributed by atoms with Crippen LogP contribution in [0.4, 0.5) is 11.4 Å². The molecule has 0 aromatic heterocycles. The summed E-state index contributed by atoms with van der Waals surface area (Å²) in [6, 6.07) is 15.4. The minimum absolute atomic E-state index is 0.323. The number of aromatic carboxylic acids is 1. The lowest BCUT2D eigenvalue weighted by molar-refractivity contribution is 0.0697. The molecular formula is C19H22N2O3. The predicted molar refractivity (Wildman–Crippen MR) is 95.0 cm³/mol. The predicted octanol–water partition coefficient (Wildman–Crippen LogP) is 2.86. The van der Waals surface area contributed by atoms with Gasteiger partial charge in [-0.2, -0.15) is 0 Å². The average molecular weight is 326 g/mol. The van der Waals surface area contributed by atoms with E-state index in [-0.39, 0.29) is 0 Å². The summed E-state index contributed by atoms with van der Waals surface area (Å²) in [7, 11) is 1.93. The minimum atomic E-state index is -0.904. The van der Waals surface area contributed by atoms with E-state index in [2.05, 4.69) is 17.0 Å². The maximum Gasteiger partial charge on any atom is 0.337 e. The third-order valence-electron chi connectivity index (χ3n) is 4.30. The number of carboxylic acid groups (broad SMARTS) is 1. The average Bonchev–Trinajstić information content (AvgIpc) is 2.63. The van der Waals surface area contributed by atoms with Gasteiger partial charge in [0.2, 0.25) is 0 Å². The van der Waals surface area contributed by atoms with Gasteiger partial charge in [0.25, 0.3) is 0 Å². The molecule has 3 rings (SSSR count). The zero-order valence-electron chi connectivity index (χ0n) is 13.8. The summed E-state index contributed by atoms with van der Waals surface area (Å²) in [6.45, 7) is 3.90. The van der Waals surface area contributed by atoms with E-state index in [0.717, 1.165) is 32.0 Å². The van der Waals surface area contributed by atoms with Crippen molar-refractivity contribution in [3.8, 4) is 0 Å². The normalized spacial score (nSPS) is 14.5. The van der Waals surface area contributed by atoms with Crippen LogP contribution in [0.5, 0.6) is 0 Å². The Morgan fingerprint density at radius 3 is 2.54 bits per heavy atom. The molecule has 126 valence electrons. The smallest absolute Gasteiger partial charge is 0.337 e. The first-order chi connectivity index (χ1) is 11.7. The van der Waals surface area contributed by atoms with Crippen LogP contribution in [0.2, 0.25) is 0 Å². The number of carboxylic acids is 1. The molecule has 5 nitrogen and oxygen atoms in total. The highest BCUT2D eigenvalue weighted by molar-refractivity contribution is 5.94. The maximum atomic E-state index is 11.4. The summed E-state index contributed by atoms with van der Waals surface area (Å²) < 4.78 is 5.44. The molecule has 2 aromatic carbocycles. The third kappa shape index (κ3) is 3.51. The van der Waals surface area contributed by atoms with E-state index in [9.17, 15) is 9.90 Å². The Morgan fingerprint density at radius 2 is 1.79 bits per heavy atom. The van der Waals surface area contributed by atoms with Crippen molar-refractivity contribution in [2.75, 3.05) is 43.2 Å². The third-order valence-corrected chi connectivity index (χ3v) is 4.30. The molecule has 1 N–H and O–H groups in total. The van der Waals surface area contributed by atoms with Crippen LogP contribution in [-0.2, 0) is 11.3 Å². The fourth-order valence-corrected chi connectivity index (χ4v) is 3.09. The molecule has 0 bridgehead atoms. The quantitative estimate of drug-likeness (QED) is 0.916. The molecule has 0 atom stereocenters. The summed E-state index contributed by atoms with van der Waals surface area (Å²) in [5.41, 5.74) is 3.42. The van der Waals surface area contributed by atoms with Crippen molar-refractivity contribution in [2.24, 2.45) is 0 Å². The Kier molecular flexibility index (Phi) is 5.01. The molecule has 0 spiro atoms. The van der Waals surface area contributed by atoms with Crippen molar-refractivity contribution in [1.29, 1.82) is 0 Å². The fraction of sp³-hybridized carbons (Fsp3) is 0.316. The van der Waals surface area contributed by atoms with Gasteiger partial charge in [0, 0.05) is 32.4 Å². The van der Waals surface area contributed by atoms with Crippen LogP contribution >= 0.6 is 0 Å². The largest absolute Gasteiger partial charge is 0.478 e. The Bertz CT molecular complexity index is 711. The highest BCUT2D eigenvalue weighted by Gasteiger charge is 2.17. The first-order valence-electron chi connectivity index (χ1n) is 8.11. The highest BCUT2D eigenvalue weighted by atomic mass is 16.5. The molecule has 1 aliphatic rings. The minimum Gasteiger partial charge on any atom is -0.478 e. The van der Waals surface area contributed by atoms with Crippen molar-refractivity contribution in [2.45, 2.75) is 6.54 Å². The Hall–Kier alpha value is -2.53. The van der Waals surface area contributed by atoms with Crippen LogP contribution in [0.3, 0.4) is 0 Å². The number of rotatable bonds is 5. The van der Waals surface area contributed by atoms with Gasteiger partial charge in [0.15, 0.2) is 0 Å². The van der Waals surface area contributed by atoms with E-state index in [1.165, 1.54) is 11.3 Å². The van der Waals surface area contributed by atoms with Gasteiger partial charge in [0.1, 0.15) is 0 Å². The molecule has 1 heterocycles. The molecule has 0 amide bonds. The second-order valence-electron chi connectivity index (χ2n) is 5.91. The van der Waals surface area contributed by atoms with Crippen LogP contribution in [0, 0.1) is 0 Å². The number of anilines is 2. The number of para-hydroxylation sites is 2. The second-order valence-corrected chi connectivity index (χ2v) is 5.91. The first kappa shape index (κ1) is 16.3. The van der Waals surface area contributed by atoms with Gasteiger partial charge in [-0.05, 0) is 23.8 Å². The van der Waals surface area contributed by atoms with E-state index < -0.39 is 5.97 Å². The van der Waals surface area contributed by atoms with Crippen molar-refractivity contribution in [3.63, 3.8) is 0 Å². The Balaban J connectivity index is 1.85.